The number of anilines is 1. The number of para-hydroxylation sites is 1. The summed E-state index contributed by atoms with van der Waals surface area (Å²) in [5.41, 5.74) is 2.58. The molecule has 0 aliphatic heterocycles. The van der Waals surface area contributed by atoms with E-state index in [2.05, 4.69) is 5.32 Å². The van der Waals surface area contributed by atoms with E-state index < -0.39 is 17.8 Å². The largest absolute Gasteiger partial charge is 0.487 e. The van der Waals surface area contributed by atoms with Gasteiger partial charge in [-0.3, -0.25) is 9.59 Å². The SMILES string of the molecule is CC(=O)Oc1ccccc1C(=O)Nc1ccc(C(=O)OCc2ccccc2)cc1OCc1ccccc1. The average Bonchev–Trinajstić information content (AvgIpc) is 2.92. The molecule has 0 aromatic heterocycles. The van der Waals surface area contributed by atoms with Crippen LogP contribution in [0, 0.1) is 0 Å². The van der Waals surface area contributed by atoms with Gasteiger partial charge in [-0.25, -0.2) is 4.79 Å². The number of rotatable bonds is 9. The molecule has 0 fully saturated rings. The Bertz CT molecular complexity index is 1390. The summed E-state index contributed by atoms with van der Waals surface area (Å²) in [6, 6.07) is 30.0. The highest BCUT2D eigenvalue weighted by atomic mass is 16.5. The fourth-order valence-electron chi connectivity index (χ4n) is 3.50. The molecule has 0 saturated heterocycles. The van der Waals surface area contributed by atoms with Crippen LogP contribution in [-0.2, 0) is 22.7 Å². The molecule has 0 bridgehead atoms. The van der Waals surface area contributed by atoms with Crippen LogP contribution in [0.3, 0.4) is 0 Å². The molecule has 4 aromatic carbocycles. The van der Waals surface area contributed by atoms with Gasteiger partial charge in [-0.2, -0.15) is 0 Å². The minimum Gasteiger partial charge on any atom is -0.487 e. The van der Waals surface area contributed by atoms with Crippen LogP contribution in [0.2, 0.25) is 0 Å². The molecule has 1 N–H and O–H groups in total. The third-order valence-corrected chi connectivity index (χ3v) is 5.30. The molecule has 0 radical (unpaired) electrons. The lowest BCUT2D eigenvalue weighted by Gasteiger charge is -2.15. The molecule has 0 aliphatic carbocycles. The second kappa shape index (κ2) is 12.2. The van der Waals surface area contributed by atoms with Gasteiger partial charge in [0.1, 0.15) is 24.7 Å². The predicted molar refractivity (Wildman–Crippen MR) is 138 cm³/mol. The number of nitrogens with one attached hydrogen (secondary N) is 1. The molecule has 0 unspecified atom stereocenters. The van der Waals surface area contributed by atoms with Crippen molar-refractivity contribution in [2.24, 2.45) is 0 Å². The van der Waals surface area contributed by atoms with E-state index in [9.17, 15) is 14.4 Å². The van der Waals surface area contributed by atoms with Gasteiger partial charge in [-0.1, -0.05) is 72.8 Å². The molecule has 0 aliphatic rings. The van der Waals surface area contributed by atoms with Crippen LogP contribution in [0.5, 0.6) is 11.5 Å². The number of benzene rings is 4. The van der Waals surface area contributed by atoms with E-state index in [0.717, 1.165) is 11.1 Å². The number of amides is 1. The molecule has 0 atom stereocenters. The molecular formula is C30H25NO6. The zero-order valence-electron chi connectivity index (χ0n) is 20.2. The summed E-state index contributed by atoms with van der Waals surface area (Å²) < 4.78 is 16.6. The third kappa shape index (κ3) is 7.05. The highest BCUT2D eigenvalue weighted by Gasteiger charge is 2.18. The van der Waals surface area contributed by atoms with Crippen molar-refractivity contribution in [1.82, 2.24) is 0 Å². The standard InChI is InChI=1S/C30H25NO6/c1-21(32)37-27-15-9-8-14-25(27)29(33)31-26-17-16-24(30(34)36-20-23-12-6-3-7-13-23)18-28(26)35-19-22-10-4-2-5-11-22/h2-18H,19-20H2,1H3,(H,31,33). The van der Waals surface area contributed by atoms with Gasteiger partial charge in [0, 0.05) is 6.92 Å². The van der Waals surface area contributed by atoms with Gasteiger partial charge >= 0.3 is 11.9 Å². The van der Waals surface area contributed by atoms with Crippen LogP contribution < -0.4 is 14.8 Å². The van der Waals surface area contributed by atoms with Crippen molar-refractivity contribution in [1.29, 1.82) is 0 Å². The quantitative estimate of drug-likeness (QED) is 0.233. The molecule has 1 amide bonds. The van der Waals surface area contributed by atoms with Crippen LogP contribution in [0.1, 0.15) is 38.8 Å². The molecule has 4 aromatic rings. The molecular weight excluding hydrogens is 470 g/mol. The number of ether oxygens (including phenoxy) is 3. The smallest absolute Gasteiger partial charge is 0.338 e. The maximum atomic E-state index is 13.1. The minimum atomic E-state index is -0.537. The highest BCUT2D eigenvalue weighted by Crippen LogP contribution is 2.29. The molecule has 7 heteroatoms. The molecule has 0 heterocycles. The van der Waals surface area contributed by atoms with Gasteiger partial charge in [0.25, 0.3) is 5.91 Å². The van der Waals surface area contributed by atoms with E-state index in [4.69, 9.17) is 14.2 Å². The summed E-state index contributed by atoms with van der Waals surface area (Å²) >= 11 is 0. The molecule has 37 heavy (non-hydrogen) atoms. The second-order valence-electron chi connectivity index (χ2n) is 8.09. The molecule has 7 nitrogen and oxygen atoms in total. The average molecular weight is 496 g/mol. The lowest BCUT2D eigenvalue weighted by molar-refractivity contribution is -0.131. The summed E-state index contributed by atoms with van der Waals surface area (Å²) in [6.45, 7) is 1.61. The van der Waals surface area contributed by atoms with Crippen molar-refractivity contribution in [3.63, 3.8) is 0 Å². The molecule has 4 rings (SSSR count). The van der Waals surface area contributed by atoms with E-state index in [0.29, 0.717) is 5.69 Å². The summed E-state index contributed by atoms with van der Waals surface area (Å²) in [4.78, 5) is 37.3. The van der Waals surface area contributed by atoms with Crippen molar-refractivity contribution >= 4 is 23.5 Å². The normalized spacial score (nSPS) is 10.3. The van der Waals surface area contributed by atoms with E-state index in [1.165, 1.54) is 19.1 Å². The fourth-order valence-corrected chi connectivity index (χ4v) is 3.50. The van der Waals surface area contributed by atoms with E-state index in [1.54, 1.807) is 30.3 Å². The fraction of sp³-hybridized carbons (Fsp3) is 0.100. The zero-order chi connectivity index (χ0) is 26.0. The molecule has 0 spiro atoms. The number of esters is 2. The summed E-state index contributed by atoms with van der Waals surface area (Å²) in [7, 11) is 0. The van der Waals surface area contributed by atoms with Gasteiger partial charge in [0.15, 0.2) is 0 Å². The second-order valence-corrected chi connectivity index (χ2v) is 8.09. The first-order valence-corrected chi connectivity index (χ1v) is 11.6. The van der Waals surface area contributed by atoms with Gasteiger partial charge in [-0.15, -0.1) is 0 Å². The van der Waals surface area contributed by atoms with Gasteiger partial charge in [0.05, 0.1) is 16.8 Å². The maximum absolute atomic E-state index is 13.1. The number of hydrogen-bond donors (Lipinski definition) is 1. The van der Waals surface area contributed by atoms with Crippen LogP contribution in [0.15, 0.2) is 103 Å². The van der Waals surface area contributed by atoms with Crippen molar-refractivity contribution in [2.75, 3.05) is 5.32 Å². The topological polar surface area (TPSA) is 90.9 Å². The van der Waals surface area contributed by atoms with Gasteiger partial charge in [-0.05, 0) is 41.5 Å². The van der Waals surface area contributed by atoms with Crippen molar-refractivity contribution in [3.05, 3.63) is 125 Å². The summed E-state index contributed by atoms with van der Waals surface area (Å²) in [5.74, 6) is -1.13. The molecule has 186 valence electrons. The summed E-state index contributed by atoms with van der Waals surface area (Å²) in [6.07, 6.45) is 0. The minimum absolute atomic E-state index is 0.130. The highest BCUT2D eigenvalue weighted by molar-refractivity contribution is 6.07. The number of carbonyl (C=O) groups is 3. The van der Waals surface area contributed by atoms with Crippen molar-refractivity contribution in [2.45, 2.75) is 20.1 Å². The van der Waals surface area contributed by atoms with Crippen molar-refractivity contribution in [3.8, 4) is 11.5 Å². The zero-order valence-corrected chi connectivity index (χ0v) is 20.2. The van der Waals surface area contributed by atoms with E-state index in [1.807, 2.05) is 60.7 Å². The van der Waals surface area contributed by atoms with Crippen LogP contribution in [-0.4, -0.2) is 17.8 Å². The van der Waals surface area contributed by atoms with Crippen LogP contribution >= 0.6 is 0 Å². The number of carbonyl (C=O) groups excluding carboxylic acids is 3. The van der Waals surface area contributed by atoms with Crippen molar-refractivity contribution < 1.29 is 28.6 Å². The summed E-state index contributed by atoms with van der Waals surface area (Å²) in [5, 5.41) is 2.79. The first kappa shape index (κ1) is 25.2. The Morgan fingerprint density at radius 2 is 1.32 bits per heavy atom. The van der Waals surface area contributed by atoms with E-state index in [-0.39, 0.29) is 35.8 Å². The van der Waals surface area contributed by atoms with Crippen LogP contribution in [0.25, 0.3) is 0 Å². The Balaban J connectivity index is 1.56. The maximum Gasteiger partial charge on any atom is 0.338 e. The molecule has 0 saturated carbocycles. The first-order valence-electron chi connectivity index (χ1n) is 11.6. The predicted octanol–water partition coefficient (Wildman–Crippen LogP) is 5.80. The Labute approximate surface area is 214 Å². The van der Waals surface area contributed by atoms with Crippen LogP contribution in [0.4, 0.5) is 5.69 Å². The van der Waals surface area contributed by atoms with E-state index >= 15 is 0 Å². The first-order chi connectivity index (χ1) is 18.0. The lowest BCUT2D eigenvalue weighted by atomic mass is 10.1. The Hall–Kier alpha value is -4.91. The van der Waals surface area contributed by atoms with Gasteiger partial charge in [0.2, 0.25) is 0 Å². The number of hydrogen-bond acceptors (Lipinski definition) is 6. The Morgan fingerprint density at radius 1 is 0.703 bits per heavy atom. The Morgan fingerprint density at radius 3 is 2.00 bits per heavy atom. The monoisotopic (exact) mass is 495 g/mol. The lowest BCUT2D eigenvalue weighted by Crippen LogP contribution is -2.16. The van der Waals surface area contributed by atoms with Gasteiger partial charge < -0.3 is 19.5 Å². The Kier molecular flexibility index (Phi) is 8.29. The third-order valence-electron chi connectivity index (χ3n) is 5.30.